The average molecular weight is 288 g/mol. The van der Waals surface area contributed by atoms with Crippen LogP contribution in [0.5, 0.6) is 0 Å². The first-order valence-electron chi connectivity index (χ1n) is 7.46. The van der Waals surface area contributed by atoms with Gasteiger partial charge in [0, 0.05) is 22.4 Å². The normalized spacial score (nSPS) is 12.6. The fourth-order valence-electron chi connectivity index (χ4n) is 2.27. The number of hydrogen-bond acceptors (Lipinski definition) is 3. The van der Waals surface area contributed by atoms with Gasteiger partial charge in [-0.05, 0) is 56.1 Å². The number of rotatable bonds is 7. The molecule has 2 aromatic rings. The van der Waals surface area contributed by atoms with Gasteiger partial charge >= 0.3 is 0 Å². The van der Waals surface area contributed by atoms with Gasteiger partial charge in [0.2, 0.25) is 0 Å². The van der Waals surface area contributed by atoms with Gasteiger partial charge in [-0.1, -0.05) is 13.8 Å². The van der Waals surface area contributed by atoms with Crippen molar-refractivity contribution in [3.05, 3.63) is 51.5 Å². The molecular weight excluding hydrogens is 264 g/mol. The van der Waals surface area contributed by atoms with Crippen LogP contribution in [0, 0.1) is 6.92 Å². The monoisotopic (exact) mass is 288 g/mol. The highest BCUT2D eigenvalue weighted by molar-refractivity contribution is 7.11. The Morgan fingerprint density at radius 1 is 1.20 bits per heavy atom. The molecule has 2 nitrogen and oxygen atoms in total. The summed E-state index contributed by atoms with van der Waals surface area (Å²) in [6, 6.07) is 9.08. The van der Waals surface area contributed by atoms with Crippen molar-refractivity contribution in [2.24, 2.45) is 0 Å². The highest BCUT2D eigenvalue weighted by atomic mass is 32.1. The van der Waals surface area contributed by atoms with Crippen molar-refractivity contribution in [1.82, 2.24) is 10.3 Å². The molecule has 0 aliphatic rings. The predicted molar refractivity (Wildman–Crippen MR) is 87.4 cm³/mol. The van der Waals surface area contributed by atoms with E-state index in [2.05, 4.69) is 55.3 Å². The van der Waals surface area contributed by atoms with Crippen LogP contribution >= 0.6 is 11.3 Å². The molecule has 2 aromatic heterocycles. The second-order valence-electron chi connectivity index (χ2n) is 5.19. The maximum atomic E-state index is 4.56. The Hall–Kier alpha value is -1.19. The van der Waals surface area contributed by atoms with Gasteiger partial charge < -0.3 is 5.32 Å². The minimum Gasteiger partial charge on any atom is -0.308 e. The fraction of sp³-hybridized carbons (Fsp3) is 0.471. The van der Waals surface area contributed by atoms with Crippen LogP contribution in [-0.2, 0) is 12.8 Å². The highest BCUT2D eigenvalue weighted by Crippen LogP contribution is 2.23. The van der Waals surface area contributed by atoms with Crippen molar-refractivity contribution in [2.45, 2.75) is 46.1 Å². The molecule has 0 aliphatic heterocycles. The zero-order valence-corrected chi connectivity index (χ0v) is 13.5. The molecule has 1 N–H and O–H groups in total. The minimum atomic E-state index is 0.318. The van der Waals surface area contributed by atoms with E-state index in [-0.39, 0.29) is 0 Å². The minimum absolute atomic E-state index is 0.318. The Morgan fingerprint density at radius 3 is 2.65 bits per heavy atom. The first-order chi connectivity index (χ1) is 9.72. The maximum absolute atomic E-state index is 4.56. The number of aryl methyl sites for hydroxylation is 2. The van der Waals surface area contributed by atoms with Crippen LogP contribution < -0.4 is 5.32 Å². The quantitative estimate of drug-likeness (QED) is 0.821. The van der Waals surface area contributed by atoms with Crippen LogP contribution in [0.25, 0.3) is 0 Å². The molecule has 2 heterocycles. The van der Waals surface area contributed by atoms with Crippen LogP contribution in [0.1, 0.15) is 47.3 Å². The molecule has 0 aromatic carbocycles. The molecule has 2 rings (SSSR count). The zero-order valence-electron chi connectivity index (χ0n) is 12.6. The van der Waals surface area contributed by atoms with Crippen LogP contribution in [0.15, 0.2) is 30.5 Å². The standard InChI is InChI=1S/C17H24N2S/c1-4-9-18-17(16-11-13(3)8-10-19-16)12-15-7-6-14(5-2)20-15/h6-8,10-11,17-18H,4-5,9,12H2,1-3H3. The predicted octanol–water partition coefficient (Wildman–Crippen LogP) is 4.30. The summed E-state index contributed by atoms with van der Waals surface area (Å²) in [5.41, 5.74) is 2.43. The van der Waals surface area contributed by atoms with Gasteiger partial charge in [-0.2, -0.15) is 0 Å². The second kappa shape index (κ2) is 7.55. The van der Waals surface area contributed by atoms with E-state index in [1.165, 1.54) is 15.3 Å². The van der Waals surface area contributed by atoms with E-state index in [4.69, 9.17) is 0 Å². The van der Waals surface area contributed by atoms with E-state index in [1.54, 1.807) is 0 Å². The smallest absolute Gasteiger partial charge is 0.0579 e. The van der Waals surface area contributed by atoms with E-state index in [0.717, 1.165) is 31.5 Å². The maximum Gasteiger partial charge on any atom is 0.0579 e. The van der Waals surface area contributed by atoms with Crippen molar-refractivity contribution in [1.29, 1.82) is 0 Å². The van der Waals surface area contributed by atoms with Crippen LogP contribution in [-0.4, -0.2) is 11.5 Å². The van der Waals surface area contributed by atoms with E-state index in [9.17, 15) is 0 Å². The number of nitrogens with one attached hydrogen (secondary N) is 1. The summed E-state index contributed by atoms with van der Waals surface area (Å²) < 4.78 is 0. The molecule has 3 heteroatoms. The van der Waals surface area contributed by atoms with E-state index in [1.807, 2.05) is 17.5 Å². The molecule has 0 saturated heterocycles. The lowest BCUT2D eigenvalue weighted by molar-refractivity contribution is 0.520. The molecule has 0 amide bonds. The second-order valence-corrected chi connectivity index (χ2v) is 6.44. The third kappa shape index (κ3) is 4.15. The summed E-state index contributed by atoms with van der Waals surface area (Å²) in [4.78, 5) is 7.47. The molecule has 0 saturated carbocycles. The first-order valence-corrected chi connectivity index (χ1v) is 8.28. The third-order valence-corrected chi connectivity index (χ3v) is 4.66. The van der Waals surface area contributed by atoms with Crippen molar-refractivity contribution in [3.63, 3.8) is 0 Å². The number of aromatic nitrogens is 1. The van der Waals surface area contributed by atoms with Crippen molar-refractivity contribution >= 4 is 11.3 Å². The van der Waals surface area contributed by atoms with Gasteiger partial charge in [-0.25, -0.2) is 0 Å². The Kier molecular flexibility index (Phi) is 5.74. The van der Waals surface area contributed by atoms with Crippen molar-refractivity contribution < 1.29 is 0 Å². The van der Waals surface area contributed by atoms with Crippen molar-refractivity contribution in [3.8, 4) is 0 Å². The summed E-state index contributed by atoms with van der Waals surface area (Å²) in [6.45, 7) is 7.58. The Balaban J connectivity index is 2.14. The van der Waals surface area contributed by atoms with Gasteiger partial charge in [-0.15, -0.1) is 11.3 Å². The lowest BCUT2D eigenvalue weighted by Crippen LogP contribution is -2.24. The summed E-state index contributed by atoms with van der Waals surface area (Å²) in [6.07, 6.45) is 5.21. The van der Waals surface area contributed by atoms with E-state index in [0.29, 0.717) is 6.04 Å². The average Bonchev–Trinajstić information content (AvgIpc) is 2.91. The SMILES string of the molecule is CCCNC(Cc1ccc(CC)s1)c1cc(C)ccn1. The summed E-state index contributed by atoms with van der Waals surface area (Å²) in [5, 5.41) is 3.63. The lowest BCUT2D eigenvalue weighted by atomic mass is 10.1. The van der Waals surface area contributed by atoms with E-state index >= 15 is 0 Å². The molecule has 0 spiro atoms. The largest absolute Gasteiger partial charge is 0.308 e. The summed E-state index contributed by atoms with van der Waals surface area (Å²) in [5.74, 6) is 0. The van der Waals surface area contributed by atoms with Gasteiger partial charge in [0.15, 0.2) is 0 Å². The summed E-state index contributed by atoms with van der Waals surface area (Å²) >= 11 is 1.93. The fourth-order valence-corrected chi connectivity index (χ4v) is 3.28. The van der Waals surface area contributed by atoms with Gasteiger partial charge in [0.1, 0.15) is 0 Å². The highest BCUT2D eigenvalue weighted by Gasteiger charge is 2.14. The molecule has 0 bridgehead atoms. The number of pyridine rings is 1. The lowest BCUT2D eigenvalue weighted by Gasteiger charge is -2.17. The molecule has 20 heavy (non-hydrogen) atoms. The number of thiophene rings is 1. The van der Waals surface area contributed by atoms with Gasteiger partial charge in [0.25, 0.3) is 0 Å². The third-order valence-electron chi connectivity index (χ3n) is 3.41. The molecule has 1 atom stereocenters. The molecular formula is C17H24N2S. The topological polar surface area (TPSA) is 24.9 Å². The molecule has 0 radical (unpaired) electrons. The zero-order chi connectivity index (χ0) is 14.4. The van der Waals surface area contributed by atoms with Crippen LogP contribution in [0.2, 0.25) is 0 Å². The Labute approximate surface area is 126 Å². The summed E-state index contributed by atoms with van der Waals surface area (Å²) in [7, 11) is 0. The first kappa shape index (κ1) is 15.2. The van der Waals surface area contributed by atoms with Gasteiger partial charge in [-0.3, -0.25) is 4.98 Å². The number of nitrogens with zero attached hydrogens (tertiary/aromatic N) is 1. The molecule has 108 valence electrons. The number of hydrogen-bond donors (Lipinski definition) is 1. The van der Waals surface area contributed by atoms with Crippen molar-refractivity contribution in [2.75, 3.05) is 6.54 Å². The molecule has 0 fully saturated rings. The van der Waals surface area contributed by atoms with Crippen LogP contribution in [0.3, 0.4) is 0 Å². The van der Waals surface area contributed by atoms with E-state index < -0.39 is 0 Å². The Bertz CT molecular complexity index is 533. The molecule has 1 unspecified atom stereocenters. The van der Waals surface area contributed by atoms with Gasteiger partial charge in [0.05, 0.1) is 11.7 Å². The van der Waals surface area contributed by atoms with Crippen LogP contribution in [0.4, 0.5) is 0 Å². The molecule has 0 aliphatic carbocycles. The Morgan fingerprint density at radius 2 is 2.00 bits per heavy atom.